The molecule has 1 aromatic carbocycles. The van der Waals surface area contributed by atoms with Crippen LogP contribution in [-0.4, -0.2) is 7.11 Å². The van der Waals surface area contributed by atoms with Crippen LogP contribution in [0.15, 0.2) is 54.7 Å². The largest absolute Gasteiger partial charge is 0.497 e. The van der Waals surface area contributed by atoms with E-state index in [1.54, 1.807) is 7.11 Å². The van der Waals surface area contributed by atoms with Gasteiger partial charge in [0.1, 0.15) is 5.75 Å². The highest BCUT2D eigenvalue weighted by molar-refractivity contribution is 5.60. The molecule has 0 N–H and O–H groups in total. The fourth-order valence-corrected chi connectivity index (χ4v) is 2.20. The van der Waals surface area contributed by atoms with Crippen LogP contribution in [0.1, 0.15) is 11.3 Å². The van der Waals surface area contributed by atoms with Gasteiger partial charge in [0.2, 0.25) is 5.70 Å². The Bertz CT molecular complexity index is 570. The summed E-state index contributed by atoms with van der Waals surface area (Å²) in [6.45, 7) is 0. The van der Waals surface area contributed by atoms with Gasteiger partial charge in [-0.1, -0.05) is 6.07 Å². The summed E-state index contributed by atoms with van der Waals surface area (Å²) in [6.07, 6.45) is 5.37. The first-order valence-corrected chi connectivity index (χ1v) is 5.73. The highest BCUT2D eigenvalue weighted by atomic mass is 16.5. The third-order valence-corrected chi connectivity index (χ3v) is 3.09. The monoisotopic (exact) mass is 224 g/mol. The molecule has 0 bridgehead atoms. The van der Waals surface area contributed by atoms with Crippen molar-refractivity contribution in [3.05, 3.63) is 66.0 Å². The minimum Gasteiger partial charge on any atom is -0.497 e. The van der Waals surface area contributed by atoms with Gasteiger partial charge in [-0.15, -0.1) is 0 Å². The van der Waals surface area contributed by atoms with Crippen molar-refractivity contribution in [1.82, 2.24) is 0 Å². The molecule has 2 heterocycles. The van der Waals surface area contributed by atoms with Gasteiger partial charge in [-0.2, -0.15) is 4.57 Å². The lowest BCUT2D eigenvalue weighted by atomic mass is 10.1. The first-order chi connectivity index (χ1) is 8.38. The lowest BCUT2D eigenvalue weighted by molar-refractivity contribution is -0.582. The molecule has 2 heteroatoms. The van der Waals surface area contributed by atoms with E-state index < -0.39 is 0 Å². The summed E-state index contributed by atoms with van der Waals surface area (Å²) in [5, 5.41) is 0. The van der Waals surface area contributed by atoms with Crippen LogP contribution in [0.5, 0.6) is 5.75 Å². The van der Waals surface area contributed by atoms with E-state index in [4.69, 9.17) is 4.74 Å². The molecule has 0 fully saturated rings. The smallest absolute Gasteiger partial charge is 0.214 e. The third-order valence-electron chi connectivity index (χ3n) is 3.09. The number of hydrogen-bond acceptors (Lipinski definition) is 1. The van der Waals surface area contributed by atoms with E-state index in [0.29, 0.717) is 0 Å². The van der Waals surface area contributed by atoms with Crippen LogP contribution in [-0.2, 0) is 6.42 Å². The van der Waals surface area contributed by atoms with Crippen molar-refractivity contribution in [2.75, 3.05) is 7.11 Å². The SMILES string of the molecule is COc1ccc(C2=CCc3cccc[n+]32)cc1. The maximum absolute atomic E-state index is 5.18. The number of ether oxygens (including phenoxy) is 1. The van der Waals surface area contributed by atoms with Gasteiger partial charge in [-0.25, -0.2) is 0 Å². The van der Waals surface area contributed by atoms with Crippen LogP contribution >= 0.6 is 0 Å². The molecule has 1 aromatic heterocycles. The topological polar surface area (TPSA) is 13.1 Å². The van der Waals surface area contributed by atoms with Crippen molar-refractivity contribution < 1.29 is 9.30 Å². The number of rotatable bonds is 2. The van der Waals surface area contributed by atoms with Gasteiger partial charge in [0.15, 0.2) is 11.9 Å². The molecule has 1 aliphatic rings. The van der Waals surface area contributed by atoms with Crippen LogP contribution in [0, 0.1) is 0 Å². The molecule has 2 aromatic rings. The lowest BCUT2D eigenvalue weighted by Gasteiger charge is -2.02. The zero-order chi connectivity index (χ0) is 11.7. The number of allylic oxidation sites excluding steroid dienone is 1. The molecule has 0 saturated carbocycles. The summed E-state index contributed by atoms with van der Waals surface area (Å²) < 4.78 is 7.41. The maximum atomic E-state index is 5.18. The highest BCUT2D eigenvalue weighted by Crippen LogP contribution is 2.20. The zero-order valence-electron chi connectivity index (χ0n) is 9.76. The predicted molar refractivity (Wildman–Crippen MR) is 66.7 cm³/mol. The van der Waals surface area contributed by atoms with Crippen LogP contribution in [0.2, 0.25) is 0 Å². The molecule has 0 saturated heterocycles. The van der Waals surface area contributed by atoms with Crippen molar-refractivity contribution in [3.8, 4) is 5.75 Å². The average Bonchev–Trinajstić information content (AvgIpc) is 2.83. The summed E-state index contributed by atoms with van der Waals surface area (Å²) in [6, 6.07) is 14.5. The van der Waals surface area contributed by atoms with E-state index in [0.717, 1.165) is 12.2 Å². The predicted octanol–water partition coefficient (Wildman–Crippen LogP) is 2.43. The van der Waals surface area contributed by atoms with Gasteiger partial charge >= 0.3 is 0 Å². The van der Waals surface area contributed by atoms with Crippen molar-refractivity contribution in [3.63, 3.8) is 0 Å². The lowest BCUT2D eigenvalue weighted by Crippen LogP contribution is -2.33. The Morgan fingerprint density at radius 3 is 2.65 bits per heavy atom. The first-order valence-electron chi connectivity index (χ1n) is 5.73. The summed E-state index contributed by atoms with van der Waals surface area (Å²) in [5.74, 6) is 0.894. The molecule has 0 spiro atoms. The molecular formula is C15H14NO+. The van der Waals surface area contributed by atoms with Crippen LogP contribution in [0.3, 0.4) is 0 Å². The average molecular weight is 224 g/mol. The zero-order valence-corrected chi connectivity index (χ0v) is 9.76. The van der Waals surface area contributed by atoms with Gasteiger partial charge < -0.3 is 4.74 Å². The molecule has 2 nitrogen and oxygen atoms in total. The quantitative estimate of drug-likeness (QED) is 0.714. The van der Waals surface area contributed by atoms with E-state index in [9.17, 15) is 0 Å². The molecule has 0 atom stereocenters. The van der Waals surface area contributed by atoms with Crippen LogP contribution < -0.4 is 9.30 Å². The minimum atomic E-state index is 0.894. The van der Waals surface area contributed by atoms with E-state index in [-0.39, 0.29) is 0 Å². The second-order valence-corrected chi connectivity index (χ2v) is 4.08. The fourth-order valence-electron chi connectivity index (χ4n) is 2.20. The fraction of sp³-hybridized carbons (Fsp3) is 0.133. The summed E-state index contributed by atoms with van der Waals surface area (Å²) in [4.78, 5) is 0. The first kappa shape index (κ1) is 10.1. The second-order valence-electron chi connectivity index (χ2n) is 4.08. The second kappa shape index (κ2) is 4.06. The summed E-state index contributed by atoms with van der Waals surface area (Å²) >= 11 is 0. The van der Waals surface area contributed by atoms with E-state index in [2.05, 4.69) is 47.2 Å². The van der Waals surface area contributed by atoms with E-state index in [1.165, 1.54) is 17.0 Å². The molecule has 0 radical (unpaired) electrons. The number of methoxy groups -OCH3 is 1. The Hall–Kier alpha value is -2.09. The van der Waals surface area contributed by atoms with E-state index >= 15 is 0 Å². The minimum absolute atomic E-state index is 0.894. The van der Waals surface area contributed by atoms with Crippen molar-refractivity contribution in [1.29, 1.82) is 0 Å². The molecule has 0 amide bonds. The number of hydrogen-bond donors (Lipinski definition) is 0. The van der Waals surface area contributed by atoms with Crippen molar-refractivity contribution >= 4 is 5.70 Å². The number of aromatic nitrogens is 1. The molecule has 0 unspecified atom stereocenters. The molecule has 84 valence electrons. The molecule has 1 aliphatic heterocycles. The standard InChI is InChI=1S/C15H14NO/c1-17-14-8-5-12(6-9-14)15-10-7-13-4-2-3-11-16(13)15/h2-6,8-11H,7H2,1H3/q+1. The third kappa shape index (κ3) is 1.72. The van der Waals surface area contributed by atoms with Crippen molar-refractivity contribution in [2.24, 2.45) is 0 Å². The molecule has 17 heavy (non-hydrogen) atoms. The Morgan fingerprint density at radius 1 is 1.06 bits per heavy atom. The Labute approximate surface area is 101 Å². The van der Waals surface area contributed by atoms with Gasteiger partial charge in [0, 0.05) is 17.7 Å². The number of nitrogens with zero attached hydrogens (tertiary/aromatic N) is 1. The van der Waals surface area contributed by atoms with Gasteiger partial charge in [-0.05, 0) is 30.3 Å². The Kier molecular flexibility index (Phi) is 2.41. The van der Waals surface area contributed by atoms with Gasteiger partial charge in [0.05, 0.1) is 13.5 Å². The normalized spacial score (nSPS) is 13.1. The Morgan fingerprint density at radius 2 is 1.88 bits per heavy atom. The van der Waals surface area contributed by atoms with Crippen LogP contribution in [0.4, 0.5) is 0 Å². The van der Waals surface area contributed by atoms with Gasteiger partial charge in [-0.3, -0.25) is 0 Å². The Balaban J connectivity index is 2.01. The molecule has 0 aliphatic carbocycles. The van der Waals surface area contributed by atoms with Crippen molar-refractivity contribution in [2.45, 2.75) is 6.42 Å². The number of fused-ring (bicyclic) bond motifs is 1. The van der Waals surface area contributed by atoms with Crippen LogP contribution in [0.25, 0.3) is 5.70 Å². The highest BCUT2D eigenvalue weighted by Gasteiger charge is 2.23. The van der Waals surface area contributed by atoms with E-state index in [1.807, 2.05) is 12.1 Å². The molecule has 3 rings (SSSR count). The summed E-state index contributed by atoms with van der Waals surface area (Å²) in [7, 11) is 1.69. The summed E-state index contributed by atoms with van der Waals surface area (Å²) in [5.41, 5.74) is 3.81. The number of benzene rings is 1. The maximum Gasteiger partial charge on any atom is 0.214 e. The number of pyridine rings is 1. The molecular weight excluding hydrogens is 210 g/mol. The van der Waals surface area contributed by atoms with Gasteiger partial charge in [0.25, 0.3) is 0 Å².